The van der Waals surface area contributed by atoms with Gasteiger partial charge in [0.05, 0.1) is 16.6 Å². The maximum atomic E-state index is 14.8. The van der Waals surface area contributed by atoms with E-state index in [2.05, 4.69) is 5.32 Å². The highest BCUT2D eigenvalue weighted by Crippen LogP contribution is 2.28. The molecule has 0 amide bonds. The first-order valence-electron chi connectivity index (χ1n) is 11.0. The Morgan fingerprint density at radius 2 is 1.81 bits per heavy atom. The molecule has 0 saturated heterocycles. The molecule has 4 nitrogen and oxygen atoms in total. The number of aromatic nitrogens is 1. The van der Waals surface area contributed by atoms with Crippen LogP contribution in [0.15, 0.2) is 59.5 Å². The van der Waals surface area contributed by atoms with E-state index in [9.17, 15) is 9.18 Å². The number of nitrogens with zero attached hydrogens (tertiary/aromatic N) is 1. The molecule has 31 heavy (non-hydrogen) atoms. The quantitative estimate of drug-likeness (QED) is 0.517. The minimum Gasteiger partial charge on any atom is -0.396 e. The highest BCUT2D eigenvalue weighted by molar-refractivity contribution is 5.93. The minimum absolute atomic E-state index is 0.0385. The molecule has 0 bridgehead atoms. The van der Waals surface area contributed by atoms with Gasteiger partial charge in [-0.25, -0.2) is 4.39 Å². The Morgan fingerprint density at radius 3 is 2.32 bits per heavy atom. The lowest BCUT2D eigenvalue weighted by molar-refractivity contribution is 0.591. The number of nitrogens with one attached hydrogen (secondary N) is 1. The van der Waals surface area contributed by atoms with Crippen LogP contribution in [-0.4, -0.2) is 10.6 Å². The standard InChI is InChI=1S/C20H26FN3O.C6H6/c1-4-6-12(3)15-11-24(5-2)16-9-13(10-23-14-7-8-14)18(21)19(22)17(16)20(15)25;1-2-4-6-5-3-1/h6,9,11,14,23H,4-5,7-8,10,22H2,1-3H3;1-6H/b12-6-;. The molecule has 0 spiro atoms. The molecule has 2 aromatic carbocycles. The van der Waals surface area contributed by atoms with Crippen molar-refractivity contribution in [1.29, 1.82) is 0 Å². The molecule has 3 aromatic rings. The monoisotopic (exact) mass is 421 g/mol. The molecule has 5 heteroatoms. The van der Waals surface area contributed by atoms with E-state index in [0.717, 1.165) is 24.8 Å². The topological polar surface area (TPSA) is 60.1 Å². The highest BCUT2D eigenvalue weighted by atomic mass is 19.1. The van der Waals surface area contributed by atoms with Gasteiger partial charge in [0.1, 0.15) is 0 Å². The van der Waals surface area contributed by atoms with Gasteiger partial charge in [0.25, 0.3) is 0 Å². The van der Waals surface area contributed by atoms with Crippen molar-refractivity contribution in [2.75, 3.05) is 5.73 Å². The Morgan fingerprint density at radius 1 is 1.19 bits per heavy atom. The molecule has 1 aliphatic carbocycles. The molecule has 1 aliphatic rings. The Labute approximate surface area is 183 Å². The molecule has 1 heterocycles. The van der Waals surface area contributed by atoms with Crippen LogP contribution in [0.4, 0.5) is 10.1 Å². The van der Waals surface area contributed by atoms with Crippen molar-refractivity contribution in [2.24, 2.45) is 0 Å². The van der Waals surface area contributed by atoms with Crippen molar-refractivity contribution < 1.29 is 4.39 Å². The third-order valence-corrected chi connectivity index (χ3v) is 5.52. The van der Waals surface area contributed by atoms with Gasteiger partial charge in [-0.3, -0.25) is 4.79 Å². The number of hydrogen-bond acceptors (Lipinski definition) is 3. The second-order valence-electron chi connectivity index (χ2n) is 7.92. The van der Waals surface area contributed by atoms with Crippen LogP contribution >= 0.6 is 0 Å². The number of nitrogens with two attached hydrogens (primary N) is 1. The first-order chi connectivity index (χ1) is 15.0. The Kier molecular flexibility index (Phi) is 7.64. The zero-order valence-corrected chi connectivity index (χ0v) is 18.6. The van der Waals surface area contributed by atoms with Crippen molar-refractivity contribution in [1.82, 2.24) is 9.88 Å². The fourth-order valence-electron chi connectivity index (χ4n) is 3.62. The number of allylic oxidation sites excluding steroid dienone is 2. The fourth-order valence-corrected chi connectivity index (χ4v) is 3.62. The highest BCUT2D eigenvalue weighted by Gasteiger charge is 2.22. The molecule has 164 valence electrons. The minimum atomic E-state index is -0.477. The Hall–Kier alpha value is -2.92. The number of rotatable bonds is 6. The summed E-state index contributed by atoms with van der Waals surface area (Å²) in [6.45, 7) is 7.06. The molecule has 3 N–H and O–H groups in total. The normalized spacial score (nSPS) is 13.7. The van der Waals surface area contributed by atoms with Crippen LogP contribution in [0.5, 0.6) is 0 Å². The maximum Gasteiger partial charge on any atom is 0.199 e. The van der Waals surface area contributed by atoms with Crippen molar-refractivity contribution >= 4 is 22.2 Å². The fraction of sp³-hybridized carbons (Fsp3) is 0.346. The van der Waals surface area contributed by atoms with E-state index in [1.165, 1.54) is 0 Å². The molecule has 4 rings (SSSR count). The van der Waals surface area contributed by atoms with E-state index in [1.807, 2.05) is 74.0 Å². The second kappa shape index (κ2) is 10.4. The smallest absolute Gasteiger partial charge is 0.199 e. The van der Waals surface area contributed by atoms with Gasteiger partial charge in [0.15, 0.2) is 11.2 Å². The lowest BCUT2D eigenvalue weighted by Crippen LogP contribution is -2.20. The van der Waals surface area contributed by atoms with Gasteiger partial charge in [0, 0.05) is 36.5 Å². The van der Waals surface area contributed by atoms with Crippen LogP contribution in [0.3, 0.4) is 0 Å². The Balaban J connectivity index is 0.000000391. The summed E-state index contributed by atoms with van der Waals surface area (Å²) in [6.07, 6.45) is 6.98. The van der Waals surface area contributed by atoms with E-state index in [1.54, 1.807) is 6.07 Å². The molecular formula is C26H32FN3O. The van der Waals surface area contributed by atoms with Crippen molar-refractivity contribution in [3.63, 3.8) is 0 Å². The summed E-state index contributed by atoms with van der Waals surface area (Å²) >= 11 is 0. The van der Waals surface area contributed by atoms with Crippen molar-refractivity contribution in [3.8, 4) is 0 Å². The number of hydrogen-bond donors (Lipinski definition) is 2. The molecule has 0 unspecified atom stereocenters. The van der Waals surface area contributed by atoms with E-state index < -0.39 is 5.82 Å². The van der Waals surface area contributed by atoms with Gasteiger partial charge < -0.3 is 15.6 Å². The number of fused-ring (bicyclic) bond motifs is 1. The summed E-state index contributed by atoms with van der Waals surface area (Å²) in [7, 11) is 0. The van der Waals surface area contributed by atoms with Crippen LogP contribution in [0, 0.1) is 5.82 Å². The lowest BCUT2D eigenvalue weighted by Gasteiger charge is -2.16. The van der Waals surface area contributed by atoms with Gasteiger partial charge in [-0.1, -0.05) is 49.4 Å². The zero-order valence-electron chi connectivity index (χ0n) is 18.6. The van der Waals surface area contributed by atoms with Gasteiger partial charge in [-0.2, -0.15) is 0 Å². The zero-order chi connectivity index (χ0) is 22.4. The van der Waals surface area contributed by atoms with Crippen LogP contribution in [-0.2, 0) is 13.1 Å². The number of nitrogen functional groups attached to an aromatic ring is 1. The molecule has 1 fully saturated rings. The number of anilines is 1. The molecule has 0 atom stereocenters. The summed E-state index contributed by atoms with van der Waals surface area (Å²) in [5, 5.41) is 3.60. The van der Waals surface area contributed by atoms with Gasteiger partial charge in [-0.05, 0) is 44.7 Å². The number of pyridine rings is 1. The van der Waals surface area contributed by atoms with Crippen LogP contribution < -0.4 is 16.5 Å². The molecule has 1 aromatic heterocycles. The maximum absolute atomic E-state index is 14.8. The molecule has 0 aliphatic heterocycles. The number of aryl methyl sites for hydroxylation is 1. The van der Waals surface area contributed by atoms with Gasteiger partial charge in [-0.15, -0.1) is 0 Å². The number of benzene rings is 2. The van der Waals surface area contributed by atoms with Crippen LogP contribution in [0.25, 0.3) is 16.5 Å². The predicted octanol–water partition coefficient (Wildman–Crippen LogP) is 5.49. The summed E-state index contributed by atoms with van der Waals surface area (Å²) in [5.41, 5.74) is 8.55. The van der Waals surface area contributed by atoms with E-state index in [-0.39, 0.29) is 16.5 Å². The summed E-state index contributed by atoms with van der Waals surface area (Å²) in [5.74, 6) is -0.477. The van der Waals surface area contributed by atoms with Gasteiger partial charge in [0.2, 0.25) is 0 Å². The third-order valence-electron chi connectivity index (χ3n) is 5.52. The summed E-state index contributed by atoms with van der Waals surface area (Å²) < 4.78 is 16.8. The summed E-state index contributed by atoms with van der Waals surface area (Å²) in [4.78, 5) is 13.0. The van der Waals surface area contributed by atoms with Crippen molar-refractivity contribution in [2.45, 2.75) is 59.2 Å². The SMILES string of the molecule is CC/C=C(/C)c1cn(CC)c2cc(CNC3CC3)c(F)c(N)c2c1=O.c1ccccc1. The lowest BCUT2D eigenvalue weighted by atomic mass is 10.0. The third kappa shape index (κ3) is 5.42. The second-order valence-corrected chi connectivity index (χ2v) is 7.92. The van der Waals surface area contributed by atoms with E-state index in [4.69, 9.17) is 5.73 Å². The molecular weight excluding hydrogens is 389 g/mol. The first-order valence-corrected chi connectivity index (χ1v) is 11.0. The average Bonchev–Trinajstić information content (AvgIpc) is 3.61. The van der Waals surface area contributed by atoms with E-state index >= 15 is 0 Å². The van der Waals surface area contributed by atoms with Gasteiger partial charge >= 0.3 is 0 Å². The first kappa shape index (κ1) is 22.8. The van der Waals surface area contributed by atoms with Crippen LogP contribution in [0.1, 0.15) is 51.2 Å². The largest absolute Gasteiger partial charge is 0.396 e. The molecule has 1 saturated carbocycles. The average molecular weight is 422 g/mol. The van der Waals surface area contributed by atoms with Crippen molar-refractivity contribution in [3.05, 3.63) is 81.9 Å². The summed E-state index contributed by atoms with van der Waals surface area (Å²) in [6, 6.07) is 14.2. The Bertz CT molecular complexity index is 1090. The van der Waals surface area contributed by atoms with E-state index in [0.29, 0.717) is 35.8 Å². The molecule has 0 radical (unpaired) electrons. The predicted molar refractivity (Wildman–Crippen MR) is 128 cm³/mol. The van der Waals surface area contributed by atoms with Crippen LogP contribution in [0.2, 0.25) is 0 Å². The number of halogens is 1.